The Bertz CT molecular complexity index is 993. The molecule has 0 unspecified atom stereocenters. The van der Waals surface area contributed by atoms with Crippen LogP contribution in [0, 0.1) is 13.8 Å². The van der Waals surface area contributed by atoms with E-state index in [4.69, 9.17) is 4.74 Å². The van der Waals surface area contributed by atoms with Crippen LogP contribution in [0.3, 0.4) is 0 Å². The highest BCUT2D eigenvalue weighted by Gasteiger charge is 2.22. The fourth-order valence-corrected chi connectivity index (χ4v) is 3.80. The van der Waals surface area contributed by atoms with Crippen LogP contribution < -0.4 is 4.74 Å². The quantitative estimate of drug-likeness (QED) is 0.768. The van der Waals surface area contributed by atoms with Crippen molar-refractivity contribution in [2.45, 2.75) is 31.7 Å². The van der Waals surface area contributed by atoms with E-state index in [1.165, 1.54) is 0 Å². The molecule has 0 fully saturated rings. The molecule has 7 heteroatoms. The molecule has 0 atom stereocenters. The van der Waals surface area contributed by atoms with Crippen LogP contribution in [0.4, 0.5) is 0 Å². The second-order valence-corrected chi connectivity index (χ2v) is 7.54. The molecule has 0 aliphatic carbocycles. The SMILES string of the molecule is CCOc1ccnc(CS(=O)(=O)c2nc3ccc(C)cc3[nH]2)c1C. The number of hydrogen-bond acceptors (Lipinski definition) is 5. The molecule has 0 radical (unpaired) electrons. The van der Waals surface area contributed by atoms with Crippen LogP contribution in [-0.2, 0) is 15.6 Å². The highest BCUT2D eigenvalue weighted by Crippen LogP contribution is 2.24. The third-order valence-corrected chi connectivity index (χ3v) is 5.23. The van der Waals surface area contributed by atoms with Crippen molar-refractivity contribution < 1.29 is 13.2 Å². The Morgan fingerprint density at radius 2 is 2.00 bits per heavy atom. The van der Waals surface area contributed by atoms with Crippen molar-refractivity contribution in [3.8, 4) is 5.75 Å². The minimum Gasteiger partial charge on any atom is -0.493 e. The van der Waals surface area contributed by atoms with Crippen LogP contribution in [0.1, 0.15) is 23.7 Å². The molecule has 0 spiro atoms. The van der Waals surface area contributed by atoms with E-state index >= 15 is 0 Å². The Kier molecular flexibility index (Phi) is 4.28. The lowest BCUT2D eigenvalue weighted by atomic mass is 10.2. The maximum Gasteiger partial charge on any atom is 0.226 e. The maximum atomic E-state index is 12.7. The molecule has 1 N–H and O–H groups in total. The predicted molar refractivity (Wildman–Crippen MR) is 91.9 cm³/mol. The van der Waals surface area contributed by atoms with Crippen LogP contribution in [0.25, 0.3) is 11.0 Å². The molecule has 0 aliphatic rings. The second-order valence-electron chi connectivity index (χ2n) is 5.64. The van der Waals surface area contributed by atoms with Crippen LogP contribution in [0.5, 0.6) is 5.75 Å². The Morgan fingerprint density at radius 3 is 2.75 bits per heavy atom. The maximum absolute atomic E-state index is 12.7. The number of H-pyrrole nitrogens is 1. The third kappa shape index (κ3) is 3.12. The minimum atomic E-state index is -3.63. The number of nitrogens with zero attached hydrogens (tertiary/aromatic N) is 2. The number of fused-ring (bicyclic) bond motifs is 1. The first kappa shape index (κ1) is 16.4. The Balaban J connectivity index is 1.97. The Hall–Kier alpha value is -2.41. The van der Waals surface area contributed by atoms with Crippen LogP contribution in [0.2, 0.25) is 0 Å². The van der Waals surface area contributed by atoms with E-state index in [2.05, 4.69) is 15.0 Å². The zero-order chi connectivity index (χ0) is 17.3. The van der Waals surface area contributed by atoms with Crippen molar-refractivity contribution in [1.29, 1.82) is 0 Å². The van der Waals surface area contributed by atoms with Crippen molar-refractivity contribution >= 4 is 20.9 Å². The number of aromatic amines is 1. The lowest BCUT2D eigenvalue weighted by molar-refractivity contribution is 0.337. The summed E-state index contributed by atoms with van der Waals surface area (Å²) >= 11 is 0. The van der Waals surface area contributed by atoms with E-state index in [1.807, 2.05) is 32.9 Å². The van der Waals surface area contributed by atoms with E-state index in [0.29, 0.717) is 29.1 Å². The molecule has 1 aromatic carbocycles. The van der Waals surface area contributed by atoms with E-state index in [9.17, 15) is 8.42 Å². The van der Waals surface area contributed by atoms with E-state index < -0.39 is 9.84 Å². The Labute approximate surface area is 140 Å². The highest BCUT2D eigenvalue weighted by atomic mass is 32.2. The number of hydrogen-bond donors (Lipinski definition) is 1. The molecule has 24 heavy (non-hydrogen) atoms. The first-order valence-electron chi connectivity index (χ1n) is 7.67. The summed E-state index contributed by atoms with van der Waals surface area (Å²) in [7, 11) is -3.63. The fraction of sp³-hybridized carbons (Fsp3) is 0.294. The van der Waals surface area contributed by atoms with Gasteiger partial charge in [0.1, 0.15) is 11.5 Å². The highest BCUT2D eigenvalue weighted by molar-refractivity contribution is 7.90. The minimum absolute atomic E-state index is 0.0360. The van der Waals surface area contributed by atoms with Crippen LogP contribution in [0.15, 0.2) is 35.6 Å². The van der Waals surface area contributed by atoms with Crippen molar-refractivity contribution in [2.24, 2.45) is 0 Å². The second kappa shape index (κ2) is 6.24. The molecule has 6 nitrogen and oxygen atoms in total. The molecule has 126 valence electrons. The molecule has 0 saturated heterocycles. The first-order valence-corrected chi connectivity index (χ1v) is 9.32. The molecular formula is C17H19N3O3S. The number of ether oxygens (including phenoxy) is 1. The van der Waals surface area contributed by atoms with E-state index in [-0.39, 0.29) is 10.9 Å². The average molecular weight is 345 g/mol. The molecule has 2 aromatic heterocycles. The molecule has 0 amide bonds. The van der Waals surface area contributed by atoms with Gasteiger partial charge in [-0.3, -0.25) is 4.98 Å². The summed E-state index contributed by atoms with van der Waals surface area (Å²) in [5, 5.41) is -0.0360. The van der Waals surface area contributed by atoms with Gasteiger partial charge in [-0.05, 0) is 44.5 Å². The van der Waals surface area contributed by atoms with Crippen LogP contribution in [-0.4, -0.2) is 30.0 Å². The van der Waals surface area contributed by atoms with Crippen molar-refractivity contribution in [3.63, 3.8) is 0 Å². The van der Waals surface area contributed by atoms with Gasteiger partial charge < -0.3 is 9.72 Å². The van der Waals surface area contributed by atoms with Crippen molar-refractivity contribution in [1.82, 2.24) is 15.0 Å². The number of imidazole rings is 1. The van der Waals surface area contributed by atoms with Gasteiger partial charge in [-0.25, -0.2) is 13.4 Å². The van der Waals surface area contributed by atoms with Crippen molar-refractivity contribution in [2.75, 3.05) is 6.61 Å². The van der Waals surface area contributed by atoms with Crippen LogP contribution >= 0.6 is 0 Å². The van der Waals surface area contributed by atoms with Gasteiger partial charge in [0.2, 0.25) is 15.0 Å². The number of aromatic nitrogens is 3. The lowest BCUT2D eigenvalue weighted by Crippen LogP contribution is -2.10. The third-order valence-electron chi connectivity index (χ3n) is 3.80. The Morgan fingerprint density at radius 1 is 1.21 bits per heavy atom. The molecule has 0 saturated carbocycles. The summed E-state index contributed by atoms with van der Waals surface area (Å²) in [5.74, 6) is 0.427. The monoisotopic (exact) mass is 345 g/mol. The summed E-state index contributed by atoms with van der Waals surface area (Å²) in [4.78, 5) is 11.3. The summed E-state index contributed by atoms with van der Waals surface area (Å²) < 4.78 is 30.9. The predicted octanol–water partition coefficient (Wildman–Crippen LogP) is 2.95. The van der Waals surface area contributed by atoms with Gasteiger partial charge in [0.25, 0.3) is 0 Å². The zero-order valence-corrected chi connectivity index (χ0v) is 14.6. The number of sulfone groups is 1. The summed E-state index contributed by atoms with van der Waals surface area (Å²) in [6.45, 7) is 6.15. The zero-order valence-electron chi connectivity index (χ0n) is 13.8. The molecule has 0 aliphatic heterocycles. The molecule has 3 aromatic rings. The fourth-order valence-electron chi connectivity index (χ4n) is 2.51. The number of nitrogens with one attached hydrogen (secondary N) is 1. The number of benzene rings is 1. The smallest absolute Gasteiger partial charge is 0.226 e. The normalized spacial score (nSPS) is 11.8. The largest absolute Gasteiger partial charge is 0.493 e. The van der Waals surface area contributed by atoms with Gasteiger partial charge in [-0.15, -0.1) is 0 Å². The number of pyridine rings is 1. The van der Waals surface area contributed by atoms with E-state index in [1.54, 1.807) is 18.3 Å². The van der Waals surface area contributed by atoms with E-state index in [0.717, 1.165) is 11.1 Å². The lowest BCUT2D eigenvalue weighted by Gasteiger charge is -2.10. The first-order chi connectivity index (χ1) is 11.4. The summed E-state index contributed by atoms with van der Waals surface area (Å²) in [6, 6.07) is 7.32. The van der Waals surface area contributed by atoms with Gasteiger partial charge in [0, 0.05) is 11.8 Å². The van der Waals surface area contributed by atoms with Gasteiger partial charge in [-0.2, -0.15) is 0 Å². The summed E-state index contributed by atoms with van der Waals surface area (Å²) in [6.07, 6.45) is 1.56. The standard InChI is InChI=1S/C17H19N3O3S/c1-4-23-16-7-8-18-15(12(16)3)10-24(21,22)17-19-13-6-5-11(2)9-14(13)20-17/h5-9H,4,10H2,1-3H3,(H,19,20). The molecule has 3 rings (SSSR count). The molecule has 0 bridgehead atoms. The topological polar surface area (TPSA) is 84.9 Å². The molecular weight excluding hydrogens is 326 g/mol. The number of aryl methyl sites for hydroxylation is 1. The van der Waals surface area contributed by atoms with Gasteiger partial charge >= 0.3 is 0 Å². The van der Waals surface area contributed by atoms with Gasteiger partial charge in [-0.1, -0.05) is 6.07 Å². The van der Waals surface area contributed by atoms with Gasteiger partial charge in [0.05, 0.1) is 23.3 Å². The number of rotatable bonds is 5. The summed E-state index contributed by atoms with van der Waals surface area (Å²) in [5.41, 5.74) is 3.58. The van der Waals surface area contributed by atoms with Gasteiger partial charge in [0.15, 0.2) is 0 Å². The van der Waals surface area contributed by atoms with Crippen molar-refractivity contribution in [3.05, 3.63) is 47.3 Å². The average Bonchev–Trinajstić information content (AvgIpc) is 2.95. The molecule has 2 heterocycles.